The van der Waals surface area contributed by atoms with E-state index >= 15 is 0 Å². The zero-order valence-electron chi connectivity index (χ0n) is 12.9. The van der Waals surface area contributed by atoms with Crippen molar-refractivity contribution in [1.82, 2.24) is 0 Å². The van der Waals surface area contributed by atoms with Crippen LogP contribution in [-0.2, 0) is 19.6 Å². The molecule has 0 aromatic heterocycles. The van der Waals surface area contributed by atoms with Gasteiger partial charge in [0.25, 0.3) is 0 Å². The fourth-order valence-corrected chi connectivity index (χ4v) is 2.04. The molecule has 0 N–H and O–H groups in total. The third kappa shape index (κ3) is 21.1. The summed E-state index contributed by atoms with van der Waals surface area (Å²) in [6, 6.07) is 0. The molecular formula is C13H27NaO5S. The maximum Gasteiger partial charge on any atom is 1.00 e. The molecule has 116 valence electrons. The van der Waals surface area contributed by atoms with Crippen molar-refractivity contribution in [2.75, 3.05) is 25.8 Å². The van der Waals surface area contributed by atoms with Crippen molar-refractivity contribution in [3.05, 3.63) is 0 Å². The summed E-state index contributed by atoms with van der Waals surface area (Å²) >= 11 is 0. The maximum absolute atomic E-state index is 10.2. The molecule has 0 fully saturated rings. The van der Waals surface area contributed by atoms with Crippen LogP contribution >= 0.6 is 0 Å². The number of ether oxygens (including phenoxy) is 2. The quantitative estimate of drug-likeness (QED) is 0.249. The molecule has 0 aromatic rings. The summed E-state index contributed by atoms with van der Waals surface area (Å²) in [6.07, 6.45) is 10.0. The van der Waals surface area contributed by atoms with Gasteiger partial charge in [0.2, 0.25) is 0 Å². The third-order valence-electron chi connectivity index (χ3n) is 2.74. The minimum absolute atomic E-state index is 0. The summed E-state index contributed by atoms with van der Waals surface area (Å²) in [7, 11) is -4.27. The first-order valence-corrected chi connectivity index (χ1v) is 8.73. The van der Waals surface area contributed by atoms with E-state index < -0.39 is 16.1 Å². The molecular weight excluding hydrogens is 291 g/mol. The van der Waals surface area contributed by atoms with Crippen LogP contribution in [0.2, 0.25) is 0 Å². The SMILES string of the molecule is CCCCCCCCCCOCCOCS(=O)(=O)[O-].[Na+]. The van der Waals surface area contributed by atoms with Crippen LogP contribution < -0.4 is 29.6 Å². The largest absolute Gasteiger partial charge is 1.00 e. The molecule has 0 heterocycles. The topological polar surface area (TPSA) is 75.7 Å². The second-order valence-electron chi connectivity index (χ2n) is 4.67. The van der Waals surface area contributed by atoms with Gasteiger partial charge in [0.15, 0.2) is 0 Å². The monoisotopic (exact) mass is 318 g/mol. The van der Waals surface area contributed by atoms with E-state index in [-0.39, 0.29) is 36.2 Å². The first-order chi connectivity index (χ1) is 9.06. The van der Waals surface area contributed by atoms with Crippen molar-refractivity contribution >= 4 is 10.1 Å². The predicted molar refractivity (Wildman–Crippen MR) is 73.9 cm³/mol. The van der Waals surface area contributed by atoms with Crippen LogP contribution in [0.1, 0.15) is 58.3 Å². The van der Waals surface area contributed by atoms with E-state index in [1.165, 1.54) is 44.9 Å². The smallest absolute Gasteiger partial charge is 0.746 e. The van der Waals surface area contributed by atoms with Gasteiger partial charge in [-0.25, -0.2) is 8.42 Å². The Morgan fingerprint density at radius 2 is 1.30 bits per heavy atom. The van der Waals surface area contributed by atoms with Crippen molar-refractivity contribution in [3.63, 3.8) is 0 Å². The summed E-state index contributed by atoms with van der Waals surface area (Å²) in [4.78, 5) is 0. The third-order valence-corrected chi connectivity index (χ3v) is 3.20. The van der Waals surface area contributed by atoms with E-state index in [0.29, 0.717) is 13.2 Å². The molecule has 0 spiro atoms. The first-order valence-electron chi connectivity index (χ1n) is 7.15. The molecule has 20 heavy (non-hydrogen) atoms. The number of unbranched alkanes of at least 4 members (excludes halogenated alkanes) is 7. The fraction of sp³-hybridized carbons (Fsp3) is 1.00. The maximum atomic E-state index is 10.2. The summed E-state index contributed by atoms with van der Waals surface area (Å²) in [6.45, 7) is 3.38. The van der Waals surface area contributed by atoms with Crippen molar-refractivity contribution < 1.29 is 52.0 Å². The van der Waals surface area contributed by atoms with Gasteiger partial charge in [-0.1, -0.05) is 51.9 Å². The molecule has 0 amide bonds. The molecule has 0 aliphatic carbocycles. The molecule has 5 nitrogen and oxygen atoms in total. The summed E-state index contributed by atoms with van der Waals surface area (Å²) < 4.78 is 40.6. The molecule has 0 aliphatic heterocycles. The van der Waals surface area contributed by atoms with E-state index in [0.717, 1.165) is 6.42 Å². The summed E-state index contributed by atoms with van der Waals surface area (Å²) in [5.41, 5.74) is 0. The van der Waals surface area contributed by atoms with Gasteiger partial charge in [0.1, 0.15) is 16.1 Å². The molecule has 0 bridgehead atoms. The van der Waals surface area contributed by atoms with Crippen LogP contribution in [0.25, 0.3) is 0 Å². The fourth-order valence-electron chi connectivity index (χ4n) is 1.72. The zero-order valence-corrected chi connectivity index (χ0v) is 15.8. The van der Waals surface area contributed by atoms with Gasteiger partial charge >= 0.3 is 29.6 Å². The van der Waals surface area contributed by atoms with Crippen LogP contribution in [0.5, 0.6) is 0 Å². The molecule has 0 saturated heterocycles. The van der Waals surface area contributed by atoms with Crippen LogP contribution in [0.3, 0.4) is 0 Å². The van der Waals surface area contributed by atoms with Gasteiger partial charge in [-0.2, -0.15) is 0 Å². The molecule has 0 rings (SSSR count). The molecule has 0 atom stereocenters. The first kappa shape index (κ1) is 23.1. The standard InChI is InChI=1S/C13H28O5S.Na/c1-2-3-4-5-6-7-8-9-10-17-11-12-18-13-19(14,15)16;/h2-13H2,1H3,(H,14,15,16);/q;+1/p-1. The van der Waals surface area contributed by atoms with E-state index in [9.17, 15) is 13.0 Å². The van der Waals surface area contributed by atoms with Crippen LogP contribution in [-0.4, -0.2) is 38.7 Å². The van der Waals surface area contributed by atoms with Gasteiger partial charge in [0.05, 0.1) is 13.2 Å². The Hall–Kier alpha value is 0.830. The average Bonchev–Trinajstić information content (AvgIpc) is 2.34. The van der Waals surface area contributed by atoms with E-state index in [4.69, 9.17) is 4.74 Å². The average molecular weight is 318 g/mol. The van der Waals surface area contributed by atoms with Crippen LogP contribution in [0.4, 0.5) is 0 Å². The zero-order chi connectivity index (χ0) is 14.4. The van der Waals surface area contributed by atoms with Crippen LogP contribution in [0, 0.1) is 0 Å². The number of hydrogen-bond donors (Lipinski definition) is 0. The summed E-state index contributed by atoms with van der Waals surface area (Å²) in [5, 5.41) is 0. The van der Waals surface area contributed by atoms with Gasteiger partial charge in [-0.15, -0.1) is 0 Å². The molecule has 0 aliphatic rings. The molecule has 0 radical (unpaired) electrons. The Balaban J connectivity index is 0. The molecule has 7 heteroatoms. The Morgan fingerprint density at radius 1 is 0.800 bits per heavy atom. The van der Waals surface area contributed by atoms with Gasteiger partial charge in [0, 0.05) is 6.61 Å². The summed E-state index contributed by atoms with van der Waals surface area (Å²) in [5.74, 6) is -0.770. The van der Waals surface area contributed by atoms with Crippen molar-refractivity contribution in [1.29, 1.82) is 0 Å². The van der Waals surface area contributed by atoms with Crippen LogP contribution in [0.15, 0.2) is 0 Å². The van der Waals surface area contributed by atoms with Crippen molar-refractivity contribution in [2.45, 2.75) is 58.3 Å². The minimum Gasteiger partial charge on any atom is -0.746 e. The number of hydrogen-bond acceptors (Lipinski definition) is 5. The van der Waals surface area contributed by atoms with E-state index in [1.54, 1.807) is 0 Å². The Morgan fingerprint density at radius 3 is 1.85 bits per heavy atom. The number of rotatable bonds is 14. The van der Waals surface area contributed by atoms with Crippen molar-refractivity contribution in [2.24, 2.45) is 0 Å². The predicted octanol–water partition coefficient (Wildman–Crippen LogP) is -0.333. The van der Waals surface area contributed by atoms with E-state index in [1.807, 2.05) is 0 Å². The molecule has 0 aromatic carbocycles. The molecule has 0 unspecified atom stereocenters. The normalized spacial score (nSPS) is 11.3. The Bertz CT molecular complexity index is 282. The van der Waals surface area contributed by atoms with Gasteiger partial charge < -0.3 is 14.0 Å². The second-order valence-corrected chi connectivity index (χ2v) is 6.02. The molecule has 0 saturated carbocycles. The Labute approximate surface area is 145 Å². The second kappa shape index (κ2) is 16.2. The van der Waals surface area contributed by atoms with E-state index in [2.05, 4.69) is 11.7 Å². The van der Waals surface area contributed by atoms with Crippen molar-refractivity contribution in [3.8, 4) is 0 Å². The minimum atomic E-state index is -4.27. The van der Waals surface area contributed by atoms with Gasteiger partial charge in [-0.05, 0) is 6.42 Å². The Kier molecular flexibility index (Phi) is 18.7. The van der Waals surface area contributed by atoms with Gasteiger partial charge in [-0.3, -0.25) is 0 Å².